The Balaban J connectivity index is 5.97. The van der Waals surface area contributed by atoms with Crippen molar-refractivity contribution < 1.29 is 62.8 Å². The molecule has 0 aromatic rings. The highest BCUT2D eigenvalue weighted by atomic mass is 31.2. The van der Waals surface area contributed by atoms with Crippen molar-refractivity contribution in [2.45, 2.75) is 49.6 Å². The fourth-order valence-electron chi connectivity index (χ4n) is 1.77. The molecule has 0 fully saturated rings. The minimum atomic E-state index is -6.15. The van der Waals surface area contributed by atoms with Gasteiger partial charge >= 0.3 is 32.5 Å². The second-order valence-electron chi connectivity index (χ2n) is 4.59. The first-order valence-electron chi connectivity index (χ1n) is 5.33. The molecule has 140 valence electrons. The van der Waals surface area contributed by atoms with Crippen LogP contribution in [0.4, 0.5) is 43.9 Å². The number of alkyl halides is 10. The first kappa shape index (κ1) is 22.4. The zero-order valence-corrected chi connectivity index (χ0v) is 11.5. The quantitative estimate of drug-likeness (QED) is 0.509. The summed E-state index contributed by atoms with van der Waals surface area (Å²) in [6.45, 7) is 0. The molecular formula is C8H9F10O4P. The third-order valence-electron chi connectivity index (χ3n) is 2.23. The van der Waals surface area contributed by atoms with Crippen LogP contribution in [0.2, 0.25) is 0 Å². The SMILES string of the molecule is O=P(O)(O)OC(CC(F)(F)F)(CC(F)(F)F)CC(F)(F)C(F)F. The third kappa shape index (κ3) is 9.33. The second-order valence-corrected chi connectivity index (χ2v) is 5.75. The van der Waals surface area contributed by atoms with Crippen LogP contribution in [0.5, 0.6) is 0 Å². The van der Waals surface area contributed by atoms with Crippen molar-refractivity contribution in [3.63, 3.8) is 0 Å². The van der Waals surface area contributed by atoms with Gasteiger partial charge in [0.25, 0.3) is 0 Å². The Morgan fingerprint density at radius 1 is 0.826 bits per heavy atom. The molecule has 0 unspecified atom stereocenters. The van der Waals surface area contributed by atoms with E-state index in [1.807, 2.05) is 0 Å². The Morgan fingerprint density at radius 2 is 1.17 bits per heavy atom. The molecule has 0 aliphatic carbocycles. The summed E-state index contributed by atoms with van der Waals surface area (Å²) >= 11 is 0. The minimum absolute atomic E-state index is 2.90. The van der Waals surface area contributed by atoms with Crippen LogP contribution in [-0.4, -0.2) is 40.1 Å². The molecule has 15 heteroatoms. The van der Waals surface area contributed by atoms with E-state index in [0.29, 0.717) is 0 Å². The molecule has 0 aromatic carbocycles. The standard InChI is InChI=1S/C8H9F10O4P/c9-4(10)6(11,12)1-5(2-7(13,14)15,3-8(16,17)18)22-23(19,20)21/h4H,1-3H2,(H2,19,20,21). The molecule has 0 saturated heterocycles. The average molecular weight is 390 g/mol. The molecule has 0 bridgehead atoms. The van der Waals surface area contributed by atoms with Gasteiger partial charge in [-0.3, -0.25) is 4.52 Å². The Labute approximate surface area is 121 Å². The van der Waals surface area contributed by atoms with E-state index in [1.54, 1.807) is 0 Å². The fourth-order valence-corrected chi connectivity index (χ4v) is 2.47. The van der Waals surface area contributed by atoms with Crippen LogP contribution in [0.25, 0.3) is 0 Å². The molecule has 0 aromatic heterocycles. The van der Waals surface area contributed by atoms with Crippen LogP contribution >= 0.6 is 7.82 Å². The first-order valence-corrected chi connectivity index (χ1v) is 6.86. The number of hydrogen-bond donors (Lipinski definition) is 2. The average Bonchev–Trinajstić information content (AvgIpc) is 2.04. The third-order valence-corrected chi connectivity index (χ3v) is 2.86. The van der Waals surface area contributed by atoms with Gasteiger partial charge in [-0.05, 0) is 0 Å². The summed E-state index contributed by atoms with van der Waals surface area (Å²) in [5.74, 6) is -5.41. The van der Waals surface area contributed by atoms with Crippen molar-refractivity contribution in [2.75, 3.05) is 0 Å². The van der Waals surface area contributed by atoms with Crippen molar-refractivity contribution in [3.05, 3.63) is 0 Å². The van der Waals surface area contributed by atoms with Crippen LogP contribution in [-0.2, 0) is 9.09 Å². The van der Waals surface area contributed by atoms with E-state index in [9.17, 15) is 48.5 Å². The van der Waals surface area contributed by atoms with Gasteiger partial charge in [0.15, 0.2) is 0 Å². The highest BCUT2D eigenvalue weighted by molar-refractivity contribution is 7.46. The van der Waals surface area contributed by atoms with Crippen LogP contribution in [0.1, 0.15) is 19.3 Å². The first-order chi connectivity index (χ1) is 9.77. The molecule has 0 aliphatic rings. The summed E-state index contributed by atoms with van der Waals surface area (Å²) in [6.07, 6.45) is -24.8. The zero-order chi connectivity index (χ0) is 18.9. The van der Waals surface area contributed by atoms with Gasteiger partial charge in [-0.15, -0.1) is 0 Å². The second kappa shape index (κ2) is 6.73. The van der Waals surface area contributed by atoms with Gasteiger partial charge in [-0.1, -0.05) is 0 Å². The van der Waals surface area contributed by atoms with E-state index in [1.165, 1.54) is 0 Å². The van der Waals surface area contributed by atoms with Crippen LogP contribution in [0, 0.1) is 0 Å². The number of phosphoric ester groups is 1. The van der Waals surface area contributed by atoms with Gasteiger partial charge in [-0.25, -0.2) is 22.1 Å². The molecular weight excluding hydrogens is 381 g/mol. The molecule has 23 heavy (non-hydrogen) atoms. The van der Waals surface area contributed by atoms with Crippen LogP contribution in [0.3, 0.4) is 0 Å². The number of rotatable bonds is 7. The lowest BCUT2D eigenvalue weighted by atomic mass is 9.88. The molecule has 0 aliphatic heterocycles. The van der Waals surface area contributed by atoms with E-state index < -0.39 is 57.4 Å². The predicted octanol–water partition coefficient (Wildman–Crippen LogP) is 4.03. The summed E-state index contributed by atoms with van der Waals surface area (Å²) in [4.78, 5) is 16.8. The molecule has 0 rings (SSSR count). The van der Waals surface area contributed by atoms with Gasteiger partial charge in [-0.2, -0.15) is 26.3 Å². The van der Waals surface area contributed by atoms with Gasteiger partial charge in [0, 0.05) is 6.42 Å². The smallest absolute Gasteiger partial charge is 0.303 e. The summed E-state index contributed by atoms with van der Waals surface area (Å²) in [5.41, 5.74) is -4.32. The van der Waals surface area contributed by atoms with Gasteiger partial charge < -0.3 is 9.79 Å². The molecule has 0 spiro atoms. The maximum atomic E-state index is 12.9. The van der Waals surface area contributed by atoms with Crippen molar-refractivity contribution in [1.29, 1.82) is 0 Å². The summed E-state index contributed by atoms with van der Waals surface area (Å²) in [5, 5.41) is 0. The monoisotopic (exact) mass is 390 g/mol. The highest BCUT2D eigenvalue weighted by Crippen LogP contribution is 2.53. The van der Waals surface area contributed by atoms with Gasteiger partial charge in [0.1, 0.15) is 5.60 Å². The van der Waals surface area contributed by atoms with Crippen molar-refractivity contribution in [2.24, 2.45) is 0 Å². The highest BCUT2D eigenvalue weighted by Gasteiger charge is 2.59. The predicted molar refractivity (Wildman–Crippen MR) is 52.8 cm³/mol. The number of phosphoric acid groups is 1. The van der Waals surface area contributed by atoms with Crippen molar-refractivity contribution >= 4 is 7.82 Å². The minimum Gasteiger partial charge on any atom is -0.303 e. The van der Waals surface area contributed by atoms with Crippen molar-refractivity contribution in [3.8, 4) is 0 Å². The molecule has 2 N–H and O–H groups in total. The largest absolute Gasteiger partial charge is 0.470 e. The Kier molecular flexibility index (Phi) is 6.56. The Bertz CT molecular complexity index is 423. The fraction of sp³-hybridized carbons (Fsp3) is 1.00. The van der Waals surface area contributed by atoms with E-state index in [4.69, 9.17) is 9.79 Å². The molecule has 0 heterocycles. The van der Waals surface area contributed by atoms with Gasteiger partial charge in [0.2, 0.25) is 0 Å². The maximum Gasteiger partial charge on any atom is 0.470 e. The maximum absolute atomic E-state index is 12.9. The van der Waals surface area contributed by atoms with Gasteiger partial charge in [0.05, 0.1) is 12.8 Å². The summed E-state index contributed by atoms with van der Waals surface area (Å²) in [6, 6.07) is 0. The summed E-state index contributed by atoms with van der Waals surface area (Å²) < 4.78 is 138. The zero-order valence-electron chi connectivity index (χ0n) is 10.6. The number of hydrogen-bond acceptors (Lipinski definition) is 2. The lowest BCUT2D eigenvalue weighted by molar-refractivity contribution is -0.238. The molecule has 0 radical (unpaired) electrons. The topological polar surface area (TPSA) is 66.8 Å². The normalized spacial score (nSPS) is 15.3. The van der Waals surface area contributed by atoms with E-state index in [0.717, 1.165) is 0 Å². The Hall–Kier alpha value is -0.590. The molecule has 4 nitrogen and oxygen atoms in total. The molecule has 0 saturated carbocycles. The Morgan fingerprint density at radius 3 is 1.39 bits per heavy atom. The van der Waals surface area contributed by atoms with E-state index in [-0.39, 0.29) is 0 Å². The van der Waals surface area contributed by atoms with E-state index in [2.05, 4.69) is 4.52 Å². The summed E-state index contributed by atoms with van der Waals surface area (Å²) in [7, 11) is -6.15. The van der Waals surface area contributed by atoms with Crippen molar-refractivity contribution in [1.82, 2.24) is 0 Å². The van der Waals surface area contributed by atoms with Crippen LogP contribution in [0.15, 0.2) is 0 Å². The lowest BCUT2D eigenvalue weighted by Gasteiger charge is -2.37. The number of halogens is 10. The molecule has 0 amide bonds. The van der Waals surface area contributed by atoms with Crippen LogP contribution < -0.4 is 0 Å². The van der Waals surface area contributed by atoms with E-state index >= 15 is 0 Å². The lowest BCUT2D eigenvalue weighted by Crippen LogP contribution is -2.47. The molecule has 0 atom stereocenters.